The monoisotopic (exact) mass is 365 g/mol. The van der Waals surface area contributed by atoms with Gasteiger partial charge in [0.2, 0.25) is 5.88 Å². The van der Waals surface area contributed by atoms with Crippen molar-refractivity contribution in [1.82, 2.24) is 14.9 Å². The number of nitrogens with one attached hydrogen (secondary N) is 2. The third-order valence-corrected chi connectivity index (χ3v) is 3.91. The zero-order chi connectivity index (χ0) is 19.2. The van der Waals surface area contributed by atoms with E-state index >= 15 is 0 Å². The number of benzene rings is 2. The minimum Gasteiger partial charge on any atom is -0.492 e. The zero-order valence-electron chi connectivity index (χ0n) is 14.4. The molecule has 0 bridgehead atoms. The van der Waals surface area contributed by atoms with Crippen molar-refractivity contribution in [3.05, 3.63) is 77.7 Å². The van der Waals surface area contributed by atoms with Crippen LogP contribution in [0.3, 0.4) is 0 Å². The van der Waals surface area contributed by atoms with E-state index in [0.717, 1.165) is 11.1 Å². The predicted octanol–water partition coefficient (Wildman–Crippen LogP) is 2.06. The SMILES string of the molecule is NC(=O)c1c(O)ncn1Cc1ccc(NC(=O)NCc2ccccc2)cc1. The standard InChI is InChI=1S/C19H19N5O3/c20-17(25)16-18(26)22-12-24(16)11-14-6-8-15(9-7-14)23-19(27)21-10-13-4-2-1-3-5-13/h1-9,12,26H,10-11H2,(H2,20,25)(H2,21,23,27). The molecule has 5 N–H and O–H groups in total. The molecule has 3 aromatic rings. The van der Waals surface area contributed by atoms with E-state index in [9.17, 15) is 14.7 Å². The van der Waals surface area contributed by atoms with Crippen molar-refractivity contribution >= 4 is 17.6 Å². The fourth-order valence-corrected chi connectivity index (χ4v) is 2.59. The number of nitrogens with zero attached hydrogens (tertiary/aromatic N) is 2. The quantitative estimate of drug-likeness (QED) is 0.534. The van der Waals surface area contributed by atoms with Gasteiger partial charge in [-0.2, -0.15) is 0 Å². The van der Waals surface area contributed by atoms with E-state index < -0.39 is 11.8 Å². The summed E-state index contributed by atoms with van der Waals surface area (Å²) in [5.74, 6) is -1.14. The van der Waals surface area contributed by atoms with Crippen molar-refractivity contribution in [2.24, 2.45) is 5.73 Å². The zero-order valence-corrected chi connectivity index (χ0v) is 14.4. The maximum atomic E-state index is 12.0. The number of urea groups is 1. The van der Waals surface area contributed by atoms with Gasteiger partial charge in [0, 0.05) is 18.8 Å². The molecule has 2 aromatic carbocycles. The Kier molecular flexibility index (Phi) is 5.36. The van der Waals surface area contributed by atoms with Gasteiger partial charge in [0.25, 0.3) is 5.91 Å². The lowest BCUT2D eigenvalue weighted by Gasteiger charge is -2.09. The lowest BCUT2D eigenvalue weighted by atomic mass is 10.2. The molecule has 0 aliphatic carbocycles. The van der Waals surface area contributed by atoms with Gasteiger partial charge in [-0.1, -0.05) is 42.5 Å². The van der Waals surface area contributed by atoms with Crippen molar-refractivity contribution in [1.29, 1.82) is 0 Å². The first-order valence-corrected chi connectivity index (χ1v) is 8.24. The van der Waals surface area contributed by atoms with Crippen LogP contribution in [-0.4, -0.2) is 26.6 Å². The molecular weight excluding hydrogens is 346 g/mol. The lowest BCUT2D eigenvalue weighted by molar-refractivity contribution is 0.0989. The van der Waals surface area contributed by atoms with Gasteiger partial charge in [-0.25, -0.2) is 9.78 Å². The Hall–Kier alpha value is -3.81. The van der Waals surface area contributed by atoms with Gasteiger partial charge in [0.05, 0.1) is 6.33 Å². The van der Waals surface area contributed by atoms with Crippen LogP contribution >= 0.6 is 0 Å². The number of hydrogen-bond acceptors (Lipinski definition) is 4. The molecule has 3 rings (SSSR count). The second-order valence-electron chi connectivity index (χ2n) is 5.90. The van der Waals surface area contributed by atoms with E-state index in [1.54, 1.807) is 24.3 Å². The minimum atomic E-state index is -0.752. The van der Waals surface area contributed by atoms with Crippen molar-refractivity contribution < 1.29 is 14.7 Å². The van der Waals surface area contributed by atoms with Crippen LogP contribution in [0.1, 0.15) is 21.6 Å². The number of aromatic hydroxyl groups is 1. The summed E-state index contributed by atoms with van der Waals surface area (Å²) in [4.78, 5) is 27.0. The number of imidazole rings is 1. The summed E-state index contributed by atoms with van der Waals surface area (Å²) in [6.07, 6.45) is 1.35. The Morgan fingerprint density at radius 3 is 2.41 bits per heavy atom. The van der Waals surface area contributed by atoms with Gasteiger partial charge >= 0.3 is 6.03 Å². The van der Waals surface area contributed by atoms with Crippen LogP contribution in [-0.2, 0) is 13.1 Å². The number of anilines is 1. The Morgan fingerprint density at radius 1 is 1.04 bits per heavy atom. The Labute approximate surface area is 155 Å². The molecule has 138 valence electrons. The summed E-state index contributed by atoms with van der Waals surface area (Å²) < 4.78 is 1.46. The molecular formula is C19H19N5O3. The third-order valence-electron chi connectivity index (χ3n) is 3.91. The van der Waals surface area contributed by atoms with Gasteiger partial charge in [-0.05, 0) is 23.3 Å². The molecule has 0 saturated heterocycles. The van der Waals surface area contributed by atoms with Gasteiger partial charge in [0.1, 0.15) is 0 Å². The first-order valence-electron chi connectivity index (χ1n) is 8.24. The van der Waals surface area contributed by atoms with Crippen LogP contribution in [0, 0.1) is 0 Å². The van der Waals surface area contributed by atoms with Crippen LogP contribution in [0.15, 0.2) is 60.9 Å². The second-order valence-corrected chi connectivity index (χ2v) is 5.90. The molecule has 0 fully saturated rings. The molecule has 1 heterocycles. The maximum Gasteiger partial charge on any atom is 0.319 e. The summed E-state index contributed by atoms with van der Waals surface area (Å²) in [6, 6.07) is 16.4. The number of aromatic nitrogens is 2. The summed E-state index contributed by atoms with van der Waals surface area (Å²) in [7, 11) is 0. The first kappa shape index (κ1) is 18.0. The first-order chi connectivity index (χ1) is 13.0. The van der Waals surface area contributed by atoms with Crippen molar-refractivity contribution in [2.75, 3.05) is 5.32 Å². The third kappa shape index (κ3) is 4.63. The Balaban J connectivity index is 1.57. The number of primary amides is 1. The van der Waals surface area contributed by atoms with Crippen molar-refractivity contribution in [2.45, 2.75) is 13.1 Å². The molecule has 0 radical (unpaired) electrons. The van der Waals surface area contributed by atoms with Crippen molar-refractivity contribution in [3.8, 4) is 5.88 Å². The normalized spacial score (nSPS) is 10.4. The van der Waals surface area contributed by atoms with Crippen LogP contribution < -0.4 is 16.4 Å². The molecule has 0 unspecified atom stereocenters. The van der Waals surface area contributed by atoms with E-state index in [0.29, 0.717) is 18.8 Å². The summed E-state index contributed by atoms with van der Waals surface area (Å²) in [5.41, 5.74) is 7.70. The molecule has 0 saturated carbocycles. The molecule has 8 heteroatoms. The largest absolute Gasteiger partial charge is 0.492 e. The number of amides is 3. The maximum absolute atomic E-state index is 12.0. The minimum absolute atomic E-state index is 0.0440. The number of hydrogen-bond donors (Lipinski definition) is 4. The molecule has 1 aromatic heterocycles. The van der Waals surface area contributed by atoms with Gasteiger partial charge in [0.15, 0.2) is 5.69 Å². The topological polar surface area (TPSA) is 122 Å². The predicted molar refractivity (Wildman–Crippen MR) is 100 cm³/mol. The van der Waals surface area contributed by atoms with Gasteiger partial charge in [-0.15, -0.1) is 0 Å². The molecule has 0 aliphatic rings. The van der Waals surface area contributed by atoms with Crippen molar-refractivity contribution in [3.63, 3.8) is 0 Å². The molecule has 27 heavy (non-hydrogen) atoms. The smallest absolute Gasteiger partial charge is 0.319 e. The molecule has 0 atom stereocenters. The van der Waals surface area contributed by atoms with Gasteiger partial charge in [-0.3, -0.25) is 4.79 Å². The number of rotatable bonds is 6. The summed E-state index contributed by atoms with van der Waals surface area (Å²) in [6.45, 7) is 0.747. The highest BCUT2D eigenvalue weighted by Gasteiger charge is 2.15. The summed E-state index contributed by atoms with van der Waals surface area (Å²) in [5, 5.41) is 15.1. The summed E-state index contributed by atoms with van der Waals surface area (Å²) >= 11 is 0. The number of carbonyl (C=O) groups is 2. The Morgan fingerprint density at radius 2 is 1.74 bits per heavy atom. The number of nitrogens with two attached hydrogens (primary N) is 1. The highest BCUT2D eigenvalue weighted by atomic mass is 16.3. The highest BCUT2D eigenvalue weighted by molar-refractivity contribution is 5.93. The van der Waals surface area contributed by atoms with Crippen LogP contribution in [0.25, 0.3) is 0 Å². The fourth-order valence-electron chi connectivity index (χ4n) is 2.59. The molecule has 0 aliphatic heterocycles. The highest BCUT2D eigenvalue weighted by Crippen LogP contribution is 2.17. The average molecular weight is 365 g/mol. The van der Waals surface area contributed by atoms with Crippen LogP contribution in [0.5, 0.6) is 5.88 Å². The Bertz CT molecular complexity index is 936. The molecule has 8 nitrogen and oxygen atoms in total. The van der Waals surface area contributed by atoms with E-state index in [4.69, 9.17) is 5.73 Å². The number of carbonyl (C=O) groups excluding carboxylic acids is 2. The van der Waals surface area contributed by atoms with E-state index in [-0.39, 0.29) is 11.7 Å². The molecule has 0 spiro atoms. The fraction of sp³-hybridized carbons (Fsp3) is 0.105. The van der Waals surface area contributed by atoms with E-state index in [2.05, 4.69) is 15.6 Å². The molecule has 3 amide bonds. The van der Waals surface area contributed by atoms with Crippen LogP contribution in [0.4, 0.5) is 10.5 Å². The van der Waals surface area contributed by atoms with Gasteiger partial charge < -0.3 is 26.0 Å². The van der Waals surface area contributed by atoms with Crippen LogP contribution in [0.2, 0.25) is 0 Å². The van der Waals surface area contributed by atoms with E-state index in [1.807, 2.05) is 30.3 Å². The average Bonchev–Trinajstić information content (AvgIpc) is 3.03. The van der Waals surface area contributed by atoms with E-state index in [1.165, 1.54) is 10.9 Å². The lowest BCUT2D eigenvalue weighted by Crippen LogP contribution is -2.28. The second kappa shape index (κ2) is 8.05.